The standard InChI is InChI=1S/C10H20N2O/c1-9(8-11)7-10(2)13-6-4-5-12-3/h7,12H,1,4-6,8,11H2,2-3H3. The molecule has 0 atom stereocenters. The summed E-state index contributed by atoms with van der Waals surface area (Å²) < 4.78 is 5.42. The van der Waals surface area contributed by atoms with Crippen LogP contribution in [0.5, 0.6) is 0 Å². The fourth-order valence-corrected chi connectivity index (χ4v) is 0.870. The predicted molar refractivity (Wildman–Crippen MR) is 56.4 cm³/mol. The van der Waals surface area contributed by atoms with Gasteiger partial charge in [-0.3, -0.25) is 0 Å². The first kappa shape index (κ1) is 12.2. The maximum absolute atomic E-state index is 5.42. The van der Waals surface area contributed by atoms with Crippen LogP contribution in [0.3, 0.4) is 0 Å². The summed E-state index contributed by atoms with van der Waals surface area (Å²) in [6, 6.07) is 0. The second-order valence-electron chi connectivity index (χ2n) is 2.92. The zero-order valence-corrected chi connectivity index (χ0v) is 8.60. The van der Waals surface area contributed by atoms with Gasteiger partial charge in [0.2, 0.25) is 0 Å². The average Bonchev–Trinajstić information content (AvgIpc) is 2.12. The van der Waals surface area contributed by atoms with Gasteiger partial charge in [0.05, 0.1) is 12.4 Å². The highest BCUT2D eigenvalue weighted by Crippen LogP contribution is 2.00. The van der Waals surface area contributed by atoms with Crippen molar-refractivity contribution in [3.8, 4) is 0 Å². The van der Waals surface area contributed by atoms with Crippen molar-refractivity contribution in [2.45, 2.75) is 13.3 Å². The Hall–Kier alpha value is -0.800. The van der Waals surface area contributed by atoms with Crippen LogP contribution in [0.15, 0.2) is 24.0 Å². The summed E-state index contributed by atoms with van der Waals surface area (Å²) in [5.41, 5.74) is 6.28. The summed E-state index contributed by atoms with van der Waals surface area (Å²) >= 11 is 0. The van der Waals surface area contributed by atoms with Crippen LogP contribution in [0.1, 0.15) is 13.3 Å². The summed E-state index contributed by atoms with van der Waals surface area (Å²) in [5.74, 6) is 0.881. The fourth-order valence-electron chi connectivity index (χ4n) is 0.870. The van der Waals surface area contributed by atoms with E-state index in [9.17, 15) is 0 Å². The molecule has 3 nitrogen and oxygen atoms in total. The second-order valence-corrected chi connectivity index (χ2v) is 2.92. The number of hydrogen-bond acceptors (Lipinski definition) is 3. The Balaban J connectivity index is 3.55. The van der Waals surface area contributed by atoms with E-state index in [0.717, 1.165) is 30.9 Å². The van der Waals surface area contributed by atoms with Crippen molar-refractivity contribution in [2.75, 3.05) is 26.7 Å². The molecule has 0 aliphatic rings. The van der Waals surface area contributed by atoms with Crippen molar-refractivity contribution < 1.29 is 4.74 Å². The molecule has 0 aliphatic carbocycles. The minimum absolute atomic E-state index is 0.483. The molecule has 0 spiro atoms. The normalized spacial score (nSPS) is 11.5. The quantitative estimate of drug-likeness (QED) is 0.353. The molecular weight excluding hydrogens is 164 g/mol. The van der Waals surface area contributed by atoms with E-state index in [1.54, 1.807) is 0 Å². The molecule has 0 bridgehead atoms. The Bertz CT molecular complexity index is 176. The molecule has 0 saturated heterocycles. The van der Waals surface area contributed by atoms with Crippen LogP contribution >= 0.6 is 0 Å². The van der Waals surface area contributed by atoms with E-state index in [4.69, 9.17) is 10.5 Å². The van der Waals surface area contributed by atoms with Gasteiger partial charge in [0.25, 0.3) is 0 Å². The van der Waals surface area contributed by atoms with Crippen LogP contribution in [0, 0.1) is 0 Å². The Morgan fingerprint density at radius 1 is 1.62 bits per heavy atom. The van der Waals surface area contributed by atoms with E-state index >= 15 is 0 Å². The topological polar surface area (TPSA) is 47.3 Å². The third-order valence-electron chi connectivity index (χ3n) is 1.57. The van der Waals surface area contributed by atoms with Gasteiger partial charge in [0.1, 0.15) is 0 Å². The Kier molecular flexibility index (Phi) is 7.35. The maximum atomic E-state index is 5.42. The third kappa shape index (κ3) is 7.56. The number of allylic oxidation sites excluding steroid dienone is 1. The number of nitrogens with two attached hydrogens (primary N) is 1. The van der Waals surface area contributed by atoms with Gasteiger partial charge in [0.15, 0.2) is 0 Å². The zero-order valence-electron chi connectivity index (χ0n) is 8.60. The van der Waals surface area contributed by atoms with Gasteiger partial charge in [-0.2, -0.15) is 0 Å². The molecule has 0 radical (unpaired) electrons. The lowest BCUT2D eigenvalue weighted by atomic mass is 10.3. The summed E-state index contributed by atoms with van der Waals surface area (Å²) in [4.78, 5) is 0. The van der Waals surface area contributed by atoms with Gasteiger partial charge in [-0.1, -0.05) is 6.58 Å². The van der Waals surface area contributed by atoms with Gasteiger partial charge < -0.3 is 15.8 Å². The molecule has 13 heavy (non-hydrogen) atoms. The van der Waals surface area contributed by atoms with Crippen LogP contribution in [0.25, 0.3) is 0 Å². The van der Waals surface area contributed by atoms with Crippen LogP contribution in [-0.4, -0.2) is 26.7 Å². The lowest BCUT2D eigenvalue weighted by Crippen LogP contribution is -2.10. The van der Waals surface area contributed by atoms with Crippen molar-refractivity contribution in [1.29, 1.82) is 0 Å². The van der Waals surface area contributed by atoms with E-state index < -0.39 is 0 Å². The Morgan fingerprint density at radius 3 is 2.85 bits per heavy atom. The van der Waals surface area contributed by atoms with E-state index in [2.05, 4.69) is 11.9 Å². The van der Waals surface area contributed by atoms with Crippen molar-refractivity contribution in [1.82, 2.24) is 5.32 Å². The lowest BCUT2D eigenvalue weighted by Gasteiger charge is -2.06. The van der Waals surface area contributed by atoms with Gasteiger partial charge in [-0.25, -0.2) is 0 Å². The first-order valence-electron chi connectivity index (χ1n) is 4.54. The molecule has 0 heterocycles. The van der Waals surface area contributed by atoms with Gasteiger partial charge in [0, 0.05) is 6.54 Å². The summed E-state index contributed by atoms with van der Waals surface area (Å²) in [6.45, 7) is 7.88. The zero-order chi connectivity index (χ0) is 10.1. The van der Waals surface area contributed by atoms with Crippen molar-refractivity contribution in [2.24, 2.45) is 5.73 Å². The number of ether oxygens (including phenoxy) is 1. The van der Waals surface area contributed by atoms with Crippen molar-refractivity contribution in [3.05, 3.63) is 24.0 Å². The molecule has 0 aliphatic heterocycles. The highest BCUT2D eigenvalue weighted by molar-refractivity contribution is 5.17. The molecule has 0 amide bonds. The first-order chi connectivity index (χ1) is 6.20. The molecule has 3 N–H and O–H groups in total. The Morgan fingerprint density at radius 2 is 2.31 bits per heavy atom. The molecule has 0 rings (SSSR count). The van der Waals surface area contributed by atoms with Crippen LogP contribution < -0.4 is 11.1 Å². The van der Waals surface area contributed by atoms with Crippen LogP contribution in [-0.2, 0) is 4.74 Å². The SMILES string of the molecule is C=C(C=C(C)OCCCNC)CN. The number of rotatable bonds is 7. The second kappa shape index (κ2) is 7.83. The van der Waals surface area contributed by atoms with Gasteiger partial charge >= 0.3 is 0 Å². The summed E-state index contributed by atoms with van der Waals surface area (Å²) in [5, 5.41) is 3.06. The van der Waals surface area contributed by atoms with E-state index in [1.165, 1.54) is 0 Å². The fraction of sp³-hybridized carbons (Fsp3) is 0.600. The molecular formula is C10H20N2O. The molecule has 3 heteroatoms. The van der Waals surface area contributed by atoms with Crippen molar-refractivity contribution >= 4 is 0 Å². The minimum atomic E-state index is 0.483. The number of hydrogen-bond donors (Lipinski definition) is 2. The van der Waals surface area contributed by atoms with Gasteiger partial charge in [-0.15, -0.1) is 0 Å². The molecule has 0 saturated carbocycles. The van der Waals surface area contributed by atoms with Crippen molar-refractivity contribution in [3.63, 3.8) is 0 Å². The smallest absolute Gasteiger partial charge is 0.0931 e. The molecule has 0 fully saturated rings. The molecule has 0 aromatic rings. The summed E-state index contributed by atoms with van der Waals surface area (Å²) in [7, 11) is 1.93. The highest BCUT2D eigenvalue weighted by atomic mass is 16.5. The molecule has 76 valence electrons. The van der Waals surface area contributed by atoms with Crippen LogP contribution in [0.4, 0.5) is 0 Å². The summed E-state index contributed by atoms with van der Waals surface area (Å²) in [6.07, 6.45) is 2.89. The molecule has 0 aromatic carbocycles. The van der Waals surface area contributed by atoms with Gasteiger partial charge in [-0.05, 0) is 38.6 Å². The molecule has 0 unspecified atom stereocenters. The largest absolute Gasteiger partial charge is 0.498 e. The van der Waals surface area contributed by atoms with Crippen LogP contribution in [0.2, 0.25) is 0 Å². The van der Waals surface area contributed by atoms with E-state index in [0.29, 0.717) is 6.54 Å². The lowest BCUT2D eigenvalue weighted by molar-refractivity contribution is 0.210. The average molecular weight is 184 g/mol. The first-order valence-corrected chi connectivity index (χ1v) is 4.54. The van der Waals surface area contributed by atoms with E-state index in [1.807, 2.05) is 20.0 Å². The van der Waals surface area contributed by atoms with E-state index in [-0.39, 0.29) is 0 Å². The third-order valence-corrected chi connectivity index (χ3v) is 1.57. The monoisotopic (exact) mass is 184 g/mol. The predicted octanol–water partition coefficient (Wildman–Crippen LogP) is 1.03. The number of nitrogens with one attached hydrogen (secondary N) is 1. The molecule has 0 aromatic heterocycles. The highest BCUT2D eigenvalue weighted by Gasteiger charge is 1.91. The maximum Gasteiger partial charge on any atom is 0.0931 e. The minimum Gasteiger partial charge on any atom is -0.498 e. The Labute approximate surface area is 80.6 Å².